The fraction of sp³-hybridized carbons (Fsp3) is 1.00. The third-order valence-electron chi connectivity index (χ3n) is 2.41. The zero-order valence-corrected chi connectivity index (χ0v) is 6.89. The summed E-state index contributed by atoms with van der Waals surface area (Å²) in [6.45, 7) is 2.19. The summed E-state index contributed by atoms with van der Waals surface area (Å²) in [6, 6.07) is 0.535. The Bertz CT molecular complexity index is 89.3. The molecule has 0 saturated heterocycles. The third kappa shape index (κ3) is 1.96. The molecule has 0 radical (unpaired) electrons. The van der Waals surface area contributed by atoms with E-state index in [1.54, 1.807) is 7.11 Å². The molecule has 0 aromatic rings. The fourth-order valence-electron chi connectivity index (χ4n) is 1.74. The summed E-state index contributed by atoms with van der Waals surface area (Å²) in [5.41, 5.74) is 2.99. The van der Waals surface area contributed by atoms with Gasteiger partial charge in [-0.25, -0.2) is 0 Å². The van der Waals surface area contributed by atoms with E-state index < -0.39 is 0 Å². The minimum Gasteiger partial charge on any atom is -0.305 e. The van der Waals surface area contributed by atoms with Gasteiger partial charge in [-0.15, -0.1) is 0 Å². The third-order valence-corrected chi connectivity index (χ3v) is 2.41. The second-order valence-corrected chi connectivity index (χ2v) is 3.16. The van der Waals surface area contributed by atoms with Gasteiger partial charge in [0.05, 0.1) is 7.11 Å². The van der Waals surface area contributed by atoms with E-state index in [0.29, 0.717) is 6.04 Å². The van der Waals surface area contributed by atoms with Crippen LogP contribution in [0.5, 0.6) is 0 Å². The van der Waals surface area contributed by atoms with Gasteiger partial charge in [0, 0.05) is 6.04 Å². The SMILES string of the molecule is CONC(C)C1CCCC1. The molecule has 1 atom stereocenters. The van der Waals surface area contributed by atoms with Gasteiger partial charge in [-0.3, -0.25) is 0 Å². The Morgan fingerprint density at radius 1 is 1.40 bits per heavy atom. The van der Waals surface area contributed by atoms with Crippen LogP contribution in [0.4, 0.5) is 0 Å². The highest BCUT2D eigenvalue weighted by atomic mass is 16.6. The molecule has 2 nitrogen and oxygen atoms in total. The van der Waals surface area contributed by atoms with Crippen molar-refractivity contribution >= 4 is 0 Å². The maximum Gasteiger partial charge on any atom is 0.0572 e. The minimum atomic E-state index is 0.535. The summed E-state index contributed by atoms with van der Waals surface area (Å²) >= 11 is 0. The Balaban J connectivity index is 2.18. The van der Waals surface area contributed by atoms with Gasteiger partial charge < -0.3 is 4.84 Å². The smallest absolute Gasteiger partial charge is 0.0572 e. The first-order valence-corrected chi connectivity index (χ1v) is 4.13. The van der Waals surface area contributed by atoms with E-state index in [9.17, 15) is 0 Å². The molecule has 1 N–H and O–H groups in total. The van der Waals surface area contributed by atoms with Gasteiger partial charge in [-0.1, -0.05) is 12.8 Å². The Morgan fingerprint density at radius 3 is 2.50 bits per heavy atom. The van der Waals surface area contributed by atoms with Crippen LogP contribution in [0.2, 0.25) is 0 Å². The topological polar surface area (TPSA) is 21.3 Å². The summed E-state index contributed by atoms with van der Waals surface area (Å²) in [5, 5.41) is 0. The van der Waals surface area contributed by atoms with Crippen LogP contribution in [0.15, 0.2) is 0 Å². The van der Waals surface area contributed by atoms with Crippen molar-refractivity contribution in [1.82, 2.24) is 5.48 Å². The number of hydrogen-bond acceptors (Lipinski definition) is 2. The van der Waals surface area contributed by atoms with E-state index in [0.717, 1.165) is 5.92 Å². The fourth-order valence-corrected chi connectivity index (χ4v) is 1.74. The average molecular weight is 143 g/mol. The first-order valence-electron chi connectivity index (χ1n) is 4.13. The number of hydrogen-bond donors (Lipinski definition) is 1. The van der Waals surface area contributed by atoms with Crippen molar-refractivity contribution in [3.8, 4) is 0 Å². The van der Waals surface area contributed by atoms with E-state index in [1.807, 2.05) is 0 Å². The molecule has 1 rings (SSSR count). The predicted octanol–water partition coefficient (Wildman–Crippen LogP) is 1.72. The summed E-state index contributed by atoms with van der Waals surface area (Å²) in [7, 11) is 1.69. The van der Waals surface area contributed by atoms with Crippen LogP contribution in [-0.4, -0.2) is 13.2 Å². The molecule has 0 aromatic heterocycles. The summed E-state index contributed by atoms with van der Waals surface area (Å²) in [6.07, 6.45) is 5.55. The van der Waals surface area contributed by atoms with Gasteiger partial charge in [-0.05, 0) is 25.7 Å². The summed E-state index contributed by atoms with van der Waals surface area (Å²) in [4.78, 5) is 4.87. The van der Waals surface area contributed by atoms with E-state index in [2.05, 4.69) is 12.4 Å². The molecular weight excluding hydrogens is 126 g/mol. The Kier molecular flexibility index (Phi) is 3.16. The molecule has 0 aliphatic heterocycles. The van der Waals surface area contributed by atoms with Gasteiger partial charge >= 0.3 is 0 Å². The molecule has 1 saturated carbocycles. The maximum atomic E-state index is 4.87. The Hall–Kier alpha value is -0.0800. The quantitative estimate of drug-likeness (QED) is 0.607. The second-order valence-electron chi connectivity index (χ2n) is 3.16. The monoisotopic (exact) mass is 143 g/mol. The summed E-state index contributed by atoms with van der Waals surface area (Å²) in [5.74, 6) is 0.847. The van der Waals surface area contributed by atoms with Crippen LogP contribution in [0, 0.1) is 5.92 Å². The van der Waals surface area contributed by atoms with Crippen LogP contribution in [0.1, 0.15) is 32.6 Å². The lowest BCUT2D eigenvalue weighted by Gasteiger charge is -2.18. The molecule has 1 aliphatic rings. The van der Waals surface area contributed by atoms with E-state index in [-0.39, 0.29) is 0 Å². The first kappa shape index (κ1) is 8.02. The van der Waals surface area contributed by atoms with Crippen molar-refractivity contribution in [3.05, 3.63) is 0 Å². The highest BCUT2D eigenvalue weighted by molar-refractivity contribution is 4.74. The molecule has 0 bridgehead atoms. The number of hydroxylamine groups is 1. The van der Waals surface area contributed by atoms with E-state index in [4.69, 9.17) is 4.84 Å². The molecular formula is C8H17NO. The Labute approximate surface area is 62.9 Å². The molecule has 0 spiro atoms. The first-order chi connectivity index (χ1) is 4.84. The van der Waals surface area contributed by atoms with Crippen molar-refractivity contribution < 1.29 is 4.84 Å². The largest absolute Gasteiger partial charge is 0.305 e. The van der Waals surface area contributed by atoms with Gasteiger partial charge in [0.2, 0.25) is 0 Å². The number of rotatable bonds is 3. The standard InChI is InChI=1S/C8H17NO/c1-7(9-10-2)8-5-3-4-6-8/h7-9H,3-6H2,1-2H3. The molecule has 2 heteroatoms. The second kappa shape index (κ2) is 3.94. The van der Waals surface area contributed by atoms with Crippen LogP contribution >= 0.6 is 0 Å². The lowest BCUT2D eigenvalue weighted by atomic mass is 10.0. The van der Waals surface area contributed by atoms with Crippen molar-refractivity contribution in [2.24, 2.45) is 5.92 Å². The lowest BCUT2D eigenvalue weighted by molar-refractivity contribution is 0.0482. The van der Waals surface area contributed by atoms with Gasteiger partial charge in [0.15, 0.2) is 0 Å². The van der Waals surface area contributed by atoms with Gasteiger partial charge in [0.1, 0.15) is 0 Å². The Morgan fingerprint density at radius 2 is 2.00 bits per heavy atom. The zero-order valence-electron chi connectivity index (χ0n) is 6.89. The molecule has 1 aliphatic carbocycles. The molecule has 0 amide bonds. The zero-order chi connectivity index (χ0) is 7.40. The van der Waals surface area contributed by atoms with Gasteiger partial charge in [0.25, 0.3) is 0 Å². The normalized spacial score (nSPS) is 23.4. The van der Waals surface area contributed by atoms with Crippen molar-refractivity contribution in [2.75, 3.05) is 7.11 Å². The van der Waals surface area contributed by atoms with Crippen LogP contribution in [-0.2, 0) is 4.84 Å². The maximum absolute atomic E-state index is 4.87. The van der Waals surface area contributed by atoms with Gasteiger partial charge in [-0.2, -0.15) is 5.48 Å². The lowest BCUT2D eigenvalue weighted by Crippen LogP contribution is -2.31. The predicted molar refractivity (Wildman–Crippen MR) is 41.6 cm³/mol. The summed E-state index contributed by atoms with van der Waals surface area (Å²) < 4.78 is 0. The minimum absolute atomic E-state index is 0.535. The molecule has 60 valence electrons. The molecule has 10 heavy (non-hydrogen) atoms. The van der Waals surface area contributed by atoms with Crippen molar-refractivity contribution in [3.63, 3.8) is 0 Å². The highest BCUT2D eigenvalue weighted by Crippen LogP contribution is 2.27. The molecule has 1 fully saturated rings. The molecule has 0 heterocycles. The van der Waals surface area contributed by atoms with E-state index >= 15 is 0 Å². The van der Waals surface area contributed by atoms with Crippen LogP contribution < -0.4 is 5.48 Å². The average Bonchev–Trinajstić information content (AvgIpc) is 2.38. The van der Waals surface area contributed by atoms with Crippen LogP contribution in [0.25, 0.3) is 0 Å². The van der Waals surface area contributed by atoms with Crippen molar-refractivity contribution in [2.45, 2.75) is 38.6 Å². The molecule has 1 unspecified atom stereocenters. The van der Waals surface area contributed by atoms with Crippen LogP contribution in [0.3, 0.4) is 0 Å². The highest BCUT2D eigenvalue weighted by Gasteiger charge is 2.20. The van der Waals surface area contributed by atoms with E-state index in [1.165, 1.54) is 25.7 Å². The van der Waals surface area contributed by atoms with Crippen molar-refractivity contribution in [1.29, 1.82) is 0 Å². The number of nitrogens with one attached hydrogen (secondary N) is 1. The molecule has 0 aromatic carbocycles.